The van der Waals surface area contributed by atoms with E-state index in [0.29, 0.717) is 25.0 Å². The van der Waals surface area contributed by atoms with Crippen molar-refractivity contribution in [2.75, 3.05) is 25.7 Å². The SMILES string of the molecule is ClCC1CCOC1c1ccc2c(c1)OCCO2. The van der Waals surface area contributed by atoms with Crippen molar-refractivity contribution in [1.29, 1.82) is 0 Å². The number of halogens is 1. The first kappa shape index (κ1) is 11.2. The highest BCUT2D eigenvalue weighted by Gasteiger charge is 2.29. The Hall–Kier alpha value is -0.930. The van der Waals surface area contributed by atoms with E-state index < -0.39 is 0 Å². The Kier molecular flexibility index (Phi) is 3.12. The van der Waals surface area contributed by atoms with Crippen LogP contribution in [0.5, 0.6) is 11.5 Å². The van der Waals surface area contributed by atoms with Crippen LogP contribution in [0.2, 0.25) is 0 Å². The second-order valence-electron chi connectivity index (χ2n) is 4.40. The second kappa shape index (κ2) is 4.75. The van der Waals surface area contributed by atoms with Crippen LogP contribution in [-0.4, -0.2) is 25.7 Å². The zero-order chi connectivity index (χ0) is 11.7. The van der Waals surface area contributed by atoms with Gasteiger partial charge in [0.05, 0.1) is 6.10 Å². The summed E-state index contributed by atoms with van der Waals surface area (Å²) in [6.45, 7) is 2.02. The van der Waals surface area contributed by atoms with Crippen molar-refractivity contribution in [3.8, 4) is 11.5 Å². The number of hydrogen-bond donors (Lipinski definition) is 0. The smallest absolute Gasteiger partial charge is 0.161 e. The molecule has 1 saturated heterocycles. The van der Waals surface area contributed by atoms with Gasteiger partial charge in [-0.25, -0.2) is 0 Å². The van der Waals surface area contributed by atoms with Gasteiger partial charge in [-0.15, -0.1) is 11.6 Å². The van der Waals surface area contributed by atoms with Gasteiger partial charge in [0.25, 0.3) is 0 Å². The minimum atomic E-state index is 0.100. The second-order valence-corrected chi connectivity index (χ2v) is 4.71. The number of alkyl halides is 1. The molecule has 0 radical (unpaired) electrons. The summed E-state index contributed by atoms with van der Waals surface area (Å²) in [5, 5.41) is 0. The van der Waals surface area contributed by atoms with E-state index >= 15 is 0 Å². The maximum absolute atomic E-state index is 5.96. The van der Waals surface area contributed by atoms with E-state index in [-0.39, 0.29) is 6.10 Å². The normalized spacial score (nSPS) is 27.1. The van der Waals surface area contributed by atoms with Crippen LogP contribution in [0.15, 0.2) is 18.2 Å². The van der Waals surface area contributed by atoms with E-state index in [1.54, 1.807) is 0 Å². The van der Waals surface area contributed by atoms with E-state index in [4.69, 9.17) is 25.8 Å². The lowest BCUT2D eigenvalue weighted by Gasteiger charge is -2.22. The Morgan fingerprint density at radius 1 is 1.12 bits per heavy atom. The highest BCUT2D eigenvalue weighted by Crippen LogP contribution is 2.39. The Morgan fingerprint density at radius 2 is 1.94 bits per heavy atom. The maximum Gasteiger partial charge on any atom is 0.161 e. The van der Waals surface area contributed by atoms with Gasteiger partial charge in [-0.2, -0.15) is 0 Å². The minimum Gasteiger partial charge on any atom is -0.486 e. The molecule has 2 heterocycles. The molecule has 2 aliphatic heterocycles. The third-order valence-electron chi connectivity index (χ3n) is 3.31. The van der Waals surface area contributed by atoms with Gasteiger partial charge in [-0.3, -0.25) is 0 Å². The van der Waals surface area contributed by atoms with Crippen LogP contribution in [-0.2, 0) is 4.74 Å². The Labute approximate surface area is 106 Å². The van der Waals surface area contributed by atoms with Gasteiger partial charge in [-0.1, -0.05) is 6.07 Å². The van der Waals surface area contributed by atoms with Crippen molar-refractivity contribution in [3.05, 3.63) is 23.8 Å². The Bertz CT molecular complexity index is 408. The maximum atomic E-state index is 5.96. The van der Waals surface area contributed by atoms with Crippen LogP contribution in [0.3, 0.4) is 0 Å². The number of benzene rings is 1. The minimum absolute atomic E-state index is 0.100. The number of fused-ring (bicyclic) bond motifs is 1. The molecule has 0 aliphatic carbocycles. The molecule has 1 aromatic carbocycles. The van der Waals surface area contributed by atoms with Crippen LogP contribution in [0.25, 0.3) is 0 Å². The fourth-order valence-electron chi connectivity index (χ4n) is 2.40. The average Bonchev–Trinajstić information content (AvgIpc) is 2.86. The van der Waals surface area contributed by atoms with Gasteiger partial charge in [0.1, 0.15) is 13.2 Å². The average molecular weight is 255 g/mol. The van der Waals surface area contributed by atoms with Crippen LogP contribution in [0.4, 0.5) is 0 Å². The summed E-state index contributed by atoms with van der Waals surface area (Å²) >= 11 is 5.96. The first-order valence-corrected chi connectivity index (χ1v) is 6.49. The number of hydrogen-bond acceptors (Lipinski definition) is 3. The lowest BCUT2D eigenvalue weighted by molar-refractivity contribution is 0.0943. The van der Waals surface area contributed by atoms with Crippen LogP contribution >= 0.6 is 11.6 Å². The zero-order valence-corrected chi connectivity index (χ0v) is 10.3. The molecule has 1 aromatic rings. The van der Waals surface area contributed by atoms with Crippen LogP contribution in [0, 0.1) is 5.92 Å². The highest BCUT2D eigenvalue weighted by molar-refractivity contribution is 6.18. The van der Waals surface area contributed by atoms with Crippen molar-refractivity contribution < 1.29 is 14.2 Å². The van der Waals surface area contributed by atoms with Gasteiger partial charge in [-0.05, 0) is 24.1 Å². The van der Waals surface area contributed by atoms with E-state index in [2.05, 4.69) is 0 Å². The first-order chi connectivity index (χ1) is 8.38. The molecule has 4 heteroatoms. The van der Waals surface area contributed by atoms with E-state index in [9.17, 15) is 0 Å². The molecule has 3 rings (SSSR count). The molecule has 2 aliphatic rings. The topological polar surface area (TPSA) is 27.7 Å². The third-order valence-corrected chi connectivity index (χ3v) is 3.70. The largest absolute Gasteiger partial charge is 0.486 e. The molecule has 0 aromatic heterocycles. The molecular formula is C13H15ClO3. The van der Waals surface area contributed by atoms with Crippen LogP contribution < -0.4 is 9.47 Å². The molecule has 2 unspecified atom stereocenters. The van der Waals surface area contributed by atoms with Crippen molar-refractivity contribution in [2.24, 2.45) is 5.92 Å². The molecule has 0 saturated carbocycles. The van der Waals surface area contributed by atoms with E-state index in [1.165, 1.54) is 0 Å². The summed E-state index contributed by atoms with van der Waals surface area (Å²) in [5.74, 6) is 2.68. The molecule has 17 heavy (non-hydrogen) atoms. The van der Waals surface area contributed by atoms with E-state index in [0.717, 1.165) is 30.1 Å². The molecule has 0 amide bonds. The quantitative estimate of drug-likeness (QED) is 0.760. The molecule has 1 fully saturated rings. The van der Waals surface area contributed by atoms with Gasteiger partial charge in [0, 0.05) is 18.4 Å². The predicted molar refractivity (Wildman–Crippen MR) is 65.0 cm³/mol. The summed E-state index contributed by atoms with van der Waals surface area (Å²) in [6.07, 6.45) is 1.13. The highest BCUT2D eigenvalue weighted by atomic mass is 35.5. The van der Waals surface area contributed by atoms with Gasteiger partial charge in [0.15, 0.2) is 11.5 Å². The van der Waals surface area contributed by atoms with Gasteiger partial charge < -0.3 is 14.2 Å². The molecule has 3 nitrogen and oxygen atoms in total. The van der Waals surface area contributed by atoms with Crippen LogP contribution in [0.1, 0.15) is 18.1 Å². The number of rotatable bonds is 2. The first-order valence-electron chi connectivity index (χ1n) is 5.95. The van der Waals surface area contributed by atoms with Crippen molar-refractivity contribution in [3.63, 3.8) is 0 Å². The molecular weight excluding hydrogens is 240 g/mol. The predicted octanol–water partition coefficient (Wildman–Crippen LogP) is 2.77. The molecule has 0 bridgehead atoms. The number of ether oxygens (including phenoxy) is 3. The molecule has 92 valence electrons. The Morgan fingerprint density at radius 3 is 2.76 bits per heavy atom. The summed E-state index contributed by atoms with van der Waals surface area (Å²) in [7, 11) is 0. The lowest BCUT2D eigenvalue weighted by Crippen LogP contribution is -2.16. The van der Waals surface area contributed by atoms with Crippen molar-refractivity contribution in [2.45, 2.75) is 12.5 Å². The summed E-state index contributed by atoms with van der Waals surface area (Å²) < 4.78 is 16.8. The molecule has 0 N–H and O–H groups in total. The van der Waals surface area contributed by atoms with Crippen molar-refractivity contribution in [1.82, 2.24) is 0 Å². The Balaban J connectivity index is 1.88. The van der Waals surface area contributed by atoms with Gasteiger partial charge in [0.2, 0.25) is 0 Å². The molecule has 0 spiro atoms. The van der Waals surface area contributed by atoms with E-state index in [1.807, 2.05) is 18.2 Å². The summed E-state index contributed by atoms with van der Waals surface area (Å²) in [4.78, 5) is 0. The monoisotopic (exact) mass is 254 g/mol. The fraction of sp³-hybridized carbons (Fsp3) is 0.538. The van der Waals surface area contributed by atoms with Crippen molar-refractivity contribution >= 4 is 11.6 Å². The summed E-state index contributed by atoms with van der Waals surface area (Å²) in [5.41, 5.74) is 1.14. The lowest BCUT2D eigenvalue weighted by atomic mass is 9.97. The zero-order valence-electron chi connectivity index (χ0n) is 9.52. The molecule has 2 atom stereocenters. The third kappa shape index (κ3) is 2.09. The standard InChI is InChI=1S/C13H15ClO3/c14-8-10-3-4-17-13(10)9-1-2-11-12(7-9)16-6-5-15-11/h1-2,7,10,13H,3-6,8H2. The fourth-order valence-corrected chi connectivity index (χ4v) is 2.71. The summed E-state index contributed by atoms with van der Waals surface area (Å²) in [6, 6.07) is 6.02. The van der Waals surface area contributed by atoms with Gasteiger partial charge >= 0.3 is 0 Å².